The third-order valence-corrected chi connectivity index (χ3v) is 5.06. The average Bonchev–Trinajstić information content (AvgIpc) is 2.68. The monoisotopic (exact) mass is 321 g/mol. The van der Waals surface area contributed by atoms with Gasteiger partial charge in [0.15, 0.2) is 0 Å². The number of rotatable bonds is 1. The maximum atomic E-state index is 12.1. The van der Waals surface area contributed by atoms with E-state index >= 15 is 0 Å². The number of carbonyl (C=O) groups excluding carboxylic acids is 1. The Morgan fingerprint density at radius 1 is 1.69 bits per heavy atom. The molecule has 1 aliphatic heterocycles. The van der Waals surface area contributed by atoms with E-state index in [0.29, 0.717) is 5.92 Å². The third-order valence-electron chi connectivity index (χ3n) is 2.90. The predicted octanol–water partition coefficient (Wildman–Crippen LogP) is 3.60. The minimum atomic E-state index is 0.123. The molecule has 1 aliphatic rings. The maximum Gasteiger partial charge on any atom is 0.254 e. The van der Waals surface area contributed by atoms with E-state index in [1.165, 1.54) is 0 Å². The molecule has 0 radical (unpaired) electrons. The van der Waals surface area contributed by atoms with Crippen LogP contribution < -0.4 is 0 Å². The van der Waals surface area contributed by atoms with Gasteiger partial charge in [-0.05, 0) is 34.3 Å². The molecule has 16 heavy (non-hydrogen) atoms. The zero-order valence-corrected chi connectivity index (χ0v) is 12.1. The molecule has 1 aromatic heterocycles. The van der Waals surface area contributed by atoms with Crippen molar-refractivity contribution in [3.63, 3.8) is 0 Å². The van der Waals surface area contributed by atoms with E-state index in [1.54, 1.807) is 11.3 Å². The lowest BCUT2D eigenvalue weighted by Gasteiger charge is -2.33. The van der Waals surface area contributed by atoms with Gasteiger partial charge in [0.1, 0.15) is 0 Å². The lowest BCUT2D eigenvalue weighted by molar-refractivity contribution is 0.0687. The fourth-order valence-corrected chi connectivity index (χ4v) is 3.21. The van der Waals surface area contributed by atoms with Crippen LogP contribution in [0.4, 0.5) is 0 Å². The number of thiophene rings is 1. The van der Waals surface area contributed by atoms with Crippen molar-refractivity contribution in [1.29, 1.82) is 0 Å². The highest BCUT2D eigenvalue weighted by Crippen LogP contribution is 2.26. The van der Waals surface area contributed by atoms with Crippen molar-refractivity contribution < 1.29 is 4.79 Å². The summed E-state index contributed by atoms with van der Waals surface area (Å²) in [5.74, 6) is 0.499. The molecule has 0 aliphatic carbocycles. The normalized spacial score (nSPS) is 25.8. The Balaban J connectivity index is 2.06. The van der Waals surface area contributed by atoms with Crippen LogP contribution in [0.25, 0.3) is 0 Å². The van der Waals surface area contributed by atoms with Crippen molar-refractivity contribution in [2.24, 2.45) is 5.92 Å². The molecule has 5 heteroatoms. The number of nitrogens with zero attached hydrogens (tertiary/aromatic N) is 1. The minimum absolute atomic E-state index is 0.123. The van der Waals surface area contributed by atoms with E-state index < -0.39 is 0 Å². The van der Waals surface area contributed by atoms with Gasteiger partial charge in [-0.3, -0.25) is 4.79 Å². The quantitative estimate of drug-likeness (QED) is 0.723. The highest BCUT2D eigenvalue weighted by molar-refractivity contribution is 9.11. The molecule has 1 amide bonds. The van der Waals surface area contributed by atoms with Crippen LogP contribution >= 0.6 is 38.9 Å². The molecular weight excluding hydrogens is 310 g/mol. The summed E-state index contributed by atoms with van der Waals surface area (Å²) in [6.45, 7) is 3.63. The van der Waals surface area contributed by atoms with Gasteiger partial charge in [0, 0.05) is 23.8 Å². The van der Waals surface area contributed by atoms with Gasteiger partial charge in [-0.2, -0.15) is 0 Å². The third kappa shape index (κ3) is 2.60. The van der Waals surface area contributed by atoms with Crippen LogP contribution in [0.3, 0.4) is 0 Å². The van der Waals surface area contributed by atoms with E-state index in [-0.39, 0.29) is 11.3 Å². The summed E-state index contributed by atoms with van der Waals surface area (Å²) in [6, 6.07) is 1.88. The van der Waals surface area contributed by atoms with Crippen molar-refractivity contribution in [2.45, 2.75) is 18.7 Å². The fourth-order valence-electron chi connectivity index (χ4n) is 1.91. The van der Waals surface area contributed by atoms with Gasteiger partial charge >= 0.3 is 0 Å². The van der Waals surface area contributed by atoms with E-state index in [4.69, 9.17) is 11.6 Å². The molecule has 88 valence electrons. The summed E-state index contributed by atoms with van der Waals surface area (Å²) in [4.78, 5) is 14.0. The molecule has 0 N–H and O–H groups in total. The second kappa shape index (κ2) is 5.07. The number of hydrogen-bond donors (Lipinski definition) is 0. The van der Waals surface area contributed by atoms with Crippen molar-refractivity contribution >= 4 is 44.8 Å². The Morgan fingerprint density at radius 2 is 2.44 bits per heavy atom. The number of alkyl halides is 1. The van der Waals surface area contributed by atoms with Crippen LogP contribution in [0.1, 0.15) is 23.7 Å². The molecular formula is C11H13BrClNOS. The van der Waals surface area contributed by atoms with Crippen molar-refractivity contribution in [1.82, 2.24) is 4.90 Å². The van der Waals surface area contributed by atoms with E-state index in [9.17, 15) is 4.79 Å². The van der Waals surface area contributed by atoms with E-state index in [2.05, 4.69) is 22.9 Å². The number of amides is 1. The second-order valence-electron chi connectivity index (χ2n) is 4.17. The van der Waals surface area contributed by atoms with Gasteiger partial charge in [-0.1, -0.05) is 6.92 Å². The van der Waals surface area contributed by atoms with Gasteiger partial charge in [0.2, 0.25) is 0 Å². The number of carbonyl (C=O) groups is 1. The van der Waals surface area contributed by atoms with Crippen molar-refractivity contribution in [3.05, 3.63) is 20.8 Å². The Kier molecular flexibility index (Phi) is 3.93. The predicted molar refractivity (Wildman–Crippen MR) is 71.3 cm³/mol. The van der Waals surface area contributed by atoms with Crippen molar-refractivity contribution in [2.75, 3.05) is 13.1 Å². The number of piperidine rings is 1. The molecule has 2 rings (SSSR count). The lowest BCUT2D eigenvalue weighted by Crippen LogP contribution is -2.43. The summed E-state index contributed by atoms with van der Waals surface area (Å²) in [5, 5.41) is 2.10. The van der Waals surface area contributed by atoms with Gasteiger partial charge in [0.25, 0.3) is 5.91 Å². The molecule has 1 fully saturated rings. The number of likely N-dealkylation sites (tertiary alicyclic amines) is 1. The molecule has 1 aromatic rings. The zero-order valence-electron chi connectivity index (χ0n) is 8.95. The second-order valence-corrected chi connectivity index (χ2v) is 7.02. The molecule has 0 aromatic carbocycles. The number of halogens is 2. The van der Waals surface area contributed by atoms with E-state index in [0.717, 1.165) is 28.9 Å². The smallest absolute Gasteiger partial charge is 0.254 e. The molecule has 0 saturated carbocycles. The Labute approximate surface area is 113 Å². The Bertz CT molecular complexity index is 395. The zero-order chi connectivity index (χ0) is 11.7. The van der Waals surface area contributed by atoms with Crippen LogP contribution in [0.5, 0.6) is 0 Å². The SMILES string of the molecule is CC1CN(C(=O)c2csc(Br)c2)CCC1Cl. The minimum Gasteiger partial charge on any atom is -0.338 e. The molecule has 0 bridgehead atoms. The molecule has 2 unspecified atom stereocenters. The van der Waals surface area contributed by atoms with Crippen LogP contribution in [-0.4, -0.2) is 29.3 Å². The highest BCUT2D eigenvalue weighted by atomic mass is 79.9. The summed E-state index contributed by atoms with van der Waals surface area (Å²) in [6.07, 6.45) is 0.889. The van der Waals surface area contributed by atoms with Crippen LogP contribution in [-0.2, 0) is 0 Å². The molecule has 2 atom stereocenters. The Hall–Kier alpha value is -0.0600. The topological polar surface area (TPSA) is 20.3 Å². The molecule has 2 heterocycles. The first kappa shape index (κ1) is 12.4. The van der Waals surface area contributed by atoms with Crippen LogP contribution in [0.2, 0.25) is 0 Å². The van der Waals surface area contributed by atoms with E-state index in [1.807, 2.05) is 16.3 Å². The number of hydrogen-bond acceptors (Lipinski definition) is 2. The summed E-state index contributed by atoms with van der Waals surface area (Å²) in [5.41, 5.74) is 0.775. The summed E-state index contributed by atoms with van der Waals surface area (Å²) >= 11 is 11.1. The van der Waals surface area contributed by atoms with Gasteiger partial charge in [-0.15, -0.1) is 22.9 Å². The Morgan fingerprint density at radius 3 is 3.00 bits per heavy atom. The average molecular weight is 323 g/mol. The van der Waals surface area contributed by atoms with Crippen LogP contribution in [0, 0.1) is 5.92 Å². The lowest BCUT2D eigenvalue weighted by atomic mass is 9.99. The summed E-state index contributed by atoms with van der Waals surface area (Å²) in [7, 11) is 0. The standard InChI is InChI=1S/C11H13BrClNOS/c1-7-5-14(3-2-9(7)13)11(15)8-4-10(12)16-6-8/h4,6-7,9H,2-3,5H2,1H3. The first-order chi connectivity index (χ1) is 7.58. The van der Waals surface area contributed by atoms with Gasteiger partial charge in [0.05, 0.1) is 9.35 Å². The first-order valence-corrected chi connectivity index (χ1v) is 7.36. The van der Waals surface area contributed by atoms with Gasteiger partial charge in [-0.25, -0.2) is 0 Å². The molecule has 1 saturated heterocycles. The van der Waals surface area contributed by atoms with Crippen LogP contribution in [0.15, 0.2) is 15.2 Å². The largest absolute Gasteiger partial charge is 0.338 e. The first-order valence-electron chi connectivity index (χ1n) is 5.25. The summed E-state index contributed by atoms with van der Waals surface area (Å²) < 4.78 is 0.996. The van der Waals surface area contributed by atoms with Crippen molar-refractivity contribution in [3.8, 4) is 0 Å². The van der Waals surface area contributed by atoms with Gasteiger partial charge < -0.3 is 4.90 Å². The fraction of sp³-hybridized carbons (Fsp3) is 0.545. The maximum absolute atomic E-state index is 12.1. The molecule has 2 nitrogen and oxygen atoms in total. The highest BCUT2D eigenvalue weighted by Gasteiger charge is 2.28. The molecule has 0 spiro atoms.